The number of halogens is 2. The molecule has 0 saturated carbocycles. The fourth-order valence-corrected chi connectivity index (χ4v) is 3.20. The van der Waals surface area contributed by atoms with E-state index in [9.17, 15) is 4.39 Å². The molecule has 0 aliphatic rings. The number of hydrogen-bond acceptors (Lipinski definition) is 6. The largest absolute Gasteiger partial charge is 0.220 e. The lowest BCUT2D eigenvalue weighted by Crippen LogP contribution is -1.99. The first-order chi connectivity index (χ1) is 12.7. The Morgan fingerprint density at radius 2 is 1.62 bits per heavy atom. The lowest BCUT2D eigenvalue weighted by atomic mass is 10.1. The van der Waals surface area contributed by atoms with Crippen molar-refractivity contribution in [3.8, 4) is 16.9 Å². The molecular weight excluding hydrogens is 419 g/mol. The Morgan fingerprint density at radius 1 is 0.846 bits per heavy atom. The highest BCUT2D eigenvalue weighted by Gasteiger charge is 2.12. The van der Waals surface area contributed by atoms with Crippen molar-refractivity contribution in [2.45, 2.75) is 10.2 Å². The van der Waals surface area contributed by atoms with E-state index in [1.54, 1.807) is 16.8 Å². The third-order valence-corrected chi connectivity index (χ3v) is 4.88. The van der Waals surface area contributed by atoms with Crippen molar-refractivity contribution in [2.75, 3.05) is 0 Å². The maximum absolute atomic E-state index is 13.0. The number of nitrogens with zero attached hydrogens (tertiary/aromatic N) is 6. The molecule has 0 amide bonds. The molecule has 0 spiro atoms. The van der Waals surface area contributed by atoms with Crippen LogP contribution in [0.5, 0.6) is 0 Å². The molecule has 6 nitrogen and oxygen atoms in total. The number of tetrazole rings is 1. The van der Waals surface area contributed by atoms with Crippen LogP contribution in [0.3, 0.4) is 0 Å². The number of benzene rings is 2. The van der Waals surface area contributed by atoms with Crippen LogP contribution in [0.2, 0.25) is 0 Å². The minimum atomic E-state index is -0.284. The molecule has 0 N–H and O–H groups in total. The summed E-state index contributed by atoms with van der Waals surface area (Å²) in [5.41, 5.74) is 2.31. The van der Waals surface area contributed by atoms with Gasteiger partial charge in [0, 0.05) is 10.0 Å². The van der Waals surface area contributed by atoms with Gasteiger partial charge in [-0.25, -0.2) is 4.39 Å². The molecule has 0 aliphatic carbocycles. The Kier molecular flexibility index (Phi) is 4.72. The first-order valence-corrected chi connectivity index (χ1v) is 9.12. The summed E-state index contributed by atoms with van der Waals surface area (Å²) in [6.45, 7) is 0. The average Bonchev–Trinajstić information content (AvgIpc) is 3.12. The van der Waals surface area contributed by atoms with Crippen molar-refractivity contribution in [3.63, 3.8) is 0 Å². The van der Waals surface area contributed by atoms with Crippen LogP contribution in [-0.4, -0.2) is 30.4 Å². The molecule has 0 aliphatic heterocycles. The number of hydrogen-bond donors (Lipinski definition) is 0. The zero-order valence-electron chi connectivity index (χ0n) is 13.1. The molecule has 2 heterocycles. The lowest BCUT2D eigenvalue weighted by molar-refractivity contribution is 0.628. The smallest absolute Gasteiger partial charge is 0.207 e. The quantitative estimate of drug-likeness (QED) is 0.485. The monoisotopic (exact) mass is 428 g/mol. The van der Waals surface area contributed by atoms with Gasteiger partial charge in [0.15, 0.2) is 0 Å². The van der Waals surface area contributed by atoms with Gasteiger partial charge in [-0.15, -0.1) is 15.3 Å². The van der Waals surface area contributed by atoms with Crippen LogP contribution in [0.4, 0.5) is 4.39 Å². The predicted molar refractivity (Wildman–Crippen MR) is 98.4 cm³/mol. The highest BCUT2D eigenvalue weighted by Crippen LogP contribution is 2.26. The van der Waals surface area contributed by atoms with Gasteiger partial charge in [0.2, 0.25) is 5.16 Å². The summed E-state index contributed by atoms with van der Waals surface area (Å²) >= 11 is 4.71. The molecule has 128 valence electrons. The molecule has 0 atom stereocenters. The van der Waals surface area contributed by atoms with E-state index in [0.717, 1.165) is 15.7 Å². The Morgan fingerprint density at radius 3 is 2.31 bits per heavy atom. The topological polar surface area (TPSA) is 69.4 Å². The van der Waals surface area contributed by atoms with Gasteiger partial charge in [0.25, 0.3) is 0 Å². The maximum atomic E-state index is 13.0. The second kappa shape index (κ2) is 7.30. The normalized spacial score (nSPS) is 10.8. The van der Waals surface area contributed by atoms with Gasteiger partial charge in [-0.1, -0.05) is 15.9 Å². The van der Waals surface area contributed by atoms with E-state index in [1.807, 2.05) is 36.4 Å². The van der Waals surface area contributed by atoms with Gasteiger partial charge in [0.05, 0.1) is 11.4 Å². The molecule has 0 bridgehead atoms. The van der Waals surface area contributed by atoms with Crippen LogP contribution < -0.4 is 0 Å². The minimum absolute atomic E-state index is 0.284. The van der Waals surface area contributed by atoms with E-state index < -0.39 is 0 Å². The summed E-state index contributed by atoms with van der Waals surface area (Å²) < 4.78 is 15.6. The highest BCUT2D eigenvalue weighted by atomic mass is 79.9. The van der Waals surface area contributed by atoms with Gasteiger partial charge < -0.3 is 0 Å². The zero-order chi connectivity index (χ0) is 17.9. The fourth-order valence-electron chi connectivity index (χ4n) is 2.23. The third-order valence-electron chi connectivity index (χ3n) is 3.49. The van der Waals surface area contributed by atoms with Crippen molar-refractivity contribution in [3.05, 3.63) is 71.0 Å². The zero-order valence-corrected chi connectivity index (χ0v) is 15.5. The molecule has 4 rings (SSSR count). The second-order valence-electron chi connectivity index (χ2n) is 5.22. The first-order valence-electron chi connectivity index (χ1n) is 7.51. The Labute approximate surface area is 160 Å². The second-order valence-corrected chi connectivity index (χ2v) is 7.12. The third kappa shape index (κ3) is 3.63. The van der Waals surface area contributed by atoms with E-state index in [0.29, 0.717) is 15.9 Å². The van der Waals surface area contributed by atoms with Crippen molar-refractivity contribution in [1.29, 1.82) is 0 Å². The van der Waals surface area contributed by atoms with Gasteiger partial charge in [0.1, 0.15) is 10.8 Å². The van der Waals surface area contributed by atoms with E-state index in [1.165, 1.54) is 23.9 Å². The van der Waals surface area contributed by atoms with Crippen LogP contribution in [0.25, 0.3) is 16.9 Å². The predicted octanol–water partition coefficient (Wildman–Crippen LogP) is 4.17. The standard InChI is InChI=1S/C17H10BrFN6S/c18-12-3-7-14(8-4-12)25-17(22-23-24-25)26-16-10-9-15(20-21-16)11-1-5-13(19)6-2-11/h1-10H. The molecule has 2 aromatic carbocycles. The van der Waals surface area contributed by atoms with Crippen molar-refractivity contribution in [1.82, 2.24) is 30.4 Å². The van der Waals surface area contributed by atoms with E-state index in [2.05, 4.69) is 41.7 Å². The summed E-state index contributed by atoms with van der Waals surface area (Å²) in [5, 5.41) is 21.4. The van der Waals surface area contributed by atoms with Gasteiger partial charge >= 0.3 is 0 Å². The molecule has 0 fully saturated rings. The van der Waals surface area contributed by atoms with Gasteiger partial charge in [-0.3, -0.25) is 0 Å². The van der Waals surface area contributed by atoms with Crippen molar-refractivity contribution in [2.24, 2.45) is 0 Å². The van der Waals surface area contributed by atoms with E-state index in [4.69, 9.17) is 0 Å². The van der Waals surface area contributed by atoms with Crippen LogP contribution in [0, 0.1) is 5.82 Å². The number of aromatic nitrogens is 6. The maximum Gasteiger partial charge on any atom is 0.220 e. The van der Waals surface area contributed by atoms with Gasteiger partial charge in [-0.05, 0) is 82.9 Å². The summed E-state index contributed by atoms with van der Waals surface area (Å²) in [6, 6.07) is 17.4. The number of rotatable bonds is 4. The summed E-state index contributed by atoms with van der Waals surface area (Å²) in [4.78, 5) is 0. The molecule has 9 heteroatoms. The summed E-state index contributed by atoms with van der Waals surface area (Å²) in [5.74, 6) is -0.284. The van der Waals surface area contributed by atoms with Gasteiger partial charge in [-0.2, -0.15) is 4.68 Å². The molecule has 0 unspecified atom stereocenters. The minimum Gasteiger partial charge on any atom is -0.207 e. The Balaban J connectivity index is 1.56. The van der Waals surface area contributed by atoms with Crippen molar-refractivity contribution < 1.29 is 4.39 Å². The van der Waals surface area contributed by atoms with Crippen LogP contribution >= 0.6 is 27.7 Å². The lowest BCUT2D eigenvalue weighted by Gasteiger charge is -2.04. The van der Waals surface area contributed by atoms with Crippen LogP contribution in [0.15, 0.2) is 75.3 Å². The summed E-state index contributed by atoms with van der Waals surface area (Å²) in [7, 11) is 0. The molecule has 2 aromatic heterocycles. The summed E-state index contributed by atoms with van der Waals surface area (Å²) in [6.07, 6.45) is 0. The SMILES string of the molecule is Fc1ccc(-c2ccc(Sc3nnnn3-c3ccc(Br)cc3)nn2)cc1. The molecule has 0 saturated heterocycles. The Hall–Kier alpha value is -2.65. The highest BCUT2D eigenvalue weighted by molar-refractivity contribution is 9.10. The van der Waals surface area contributed by atoms with Crippen LogP contribution in [0.1, 0.15) is 0 Å². The molecular formula is C17H10BrFN6S. The average molecular weight is 429 g/mol. The first kappa shape index (κ1) is 16.8. The fraction of sp³-hybridized carbons (Fsp3) is 0. The van der Waals surface area contributed by atoms with E-state index >= 15 is 0 Å². The van der Waals surface area contributed by atoms with Crippen molar-refractivity contribution >= 4 is 27.7 Å². The molecule has 26 heavy (non-hydrogen) atoms. The van der Waals surface area contributed by atoms with E-state index in [-0.39, 0.29) is 5.82 Å². The van der Waals surface area contributed by atoms with Crippen LogP contribution in [-0.2, 0) is 0 Å². The Bertz CT molecular complexity index is 1020. The molecule has 0 radical (unpaired) electrons. The molecule has 4 aromatic rings.